The van der Waals surface area contributed by atoms with E-state index in [2.05, 4.69) is 15.4 Å². The lowest BCUT2D eigenvalue weighted by molar-refractivity contribution is 0.100. The Bertz CT molecular complexity index is 1380. The lowest BCUT2D eigenvalue weighted by atomic mass is 10.0. The monoisotopic (exact) mass is 483 g/mol. The maximum Gasteiger partial charge on any atom is 0.280 e. The van der Waals surface area contributed by atoms with Gasteiger partial charge in [0.2, 0.25) is 0 Å². The summed E-state index contributed by atoms with van der Waals surface area (Å²) in [4.78, 5) is 29.4. The predicted octanol–water partition coefficient (Wildman–Crippen LogP) is 4.70. The molecule has 0 aliphatic heterocycles. The summed E-state index contributed by atoms with van der Waals surface area (Å²) >= 11 is 0.892. The van der Waals surface area contributed by atoms with Crippen LogP contribution in [0.1, 0.15) is 56.6 Å². The molecule has 4 aromatic rings. The van der Waals surface area contributed by atoms with E-state index in [1.807, 2.05) is 18.2 Å². The average molecular weight is 484 g/mol. The van der Waals surface area contributed by atoms with Crippen LogP contribution in [-0.2, 0) is 6.73 Å². The highest BCUT2D eigenvalue weighted by Crippen LogP contribution is 2.48. The Kier molecular flexibility index (Phi) is 5.70. The number of amides is 2. The molecular formula is C23H19F2N5O3S. The van der Waals surface area contributed by atoms with Gasteiger partial charge in [-0.05, 0) is 48.6 Å². The number of nitrogens with two attached hydrogens (primary N) is 1. The predicted molar refractivity (Wildman–Crippen MR) is 122 cm³/mol. The highest BCUT2D eigenvalue weighted by atomic mass is 32.1. The van der Waals surface area contributed by atoms with Gasteiger partial charge < -0.3 is 15.8 Å². The molecule has 34 heavy (non-hydrogen) atoms. The van der Waals surface area contributed by atoms with Crippen LogP contribution in [0.4, 0.5) is 14.5 Å². The number of anilines is 1. The van der Waals surface area contributed by atoms with Crippen LogP contribution in [0.25, 0.3) is 10.2 Å². The van der Waals surface area contributed by atoms with E-state index in [-0.39, 0.29) is 39.4 Å². The number of nitrogens with one attached hydrogen (secondary N) is 1. The van der Waals surface area contributed by atoms with E-state index in [0.717, 1.165) is 24.2 Å². The average Bonchev–Trinajstić information content (AvgIpc) is 3.45. The second kappa shape index (κ2) is 8.82. The summed E-state index contributed by atoms with van der Waals surface area (Å²) in [5, 5.41) is 7.41. The number of hydrogen-bond donors (Lipinski definition) is 2. The zero-order chi connectivity index (χ0) is 23.8. The Labute approximate surface area is 196 Å². The van der Waals surface area contributed by atoms with Crippen molar-refractivity contribution >= 4 is 39.1 Å². The van der Waals surface area contributed by atoms with Crippen molar-refractivity contribution < 1.29 is 23.1 Å². The molecular weight excluding hydrogens is 464 g/mol. The molecule has 174 valence electrons. The van der Waals surface area contributed by atoms with Crippen LogP contribution in [-0.4, -0.2) is 26.6 Å². The molecule has 1 aromatic carbocycles. The highest BCUT2D eigenvalue weighted by Gasteiger charge is 2.32. The first-order valence-electron chi connectivity index (χ1n) is 10.5. The van der Waals surface area contributed by atoms with Crippen LogP contribution in [0.5, 0.6) is 5.75 Å². The van der Waals surface area contributed by atoms with Crippen molar-refractivity contribution in [3.05, 3.63) is 70.5 Å². The van der Waals surface area contributed by atoms with Crippen LogP contribution in [0.15, 0.2) is 48.7 Å². The standard InChI is InChI=1S/C23H19F2N5O3S/c24-20(25)16-10-14(12-6-7-12)17-18(19(21(26)31)34-23(17)27-16)28-22(32)15-8-9-30(29-15)11-33-13-4-2-1-3-5-13/h1-5,8-10,12,20H,6-7,11H2,(H2,26,31)(H,28,32). The molecule has 0 bridgehead atoms. The van der Waals surface area contributed by atoms with Gasteiger partial charge in [-0.15, -0.1) is 11.3 Å². The van der Waals surface area contributed by atoms with Crippen molar-refractivity contribution in [2.75, 3.05) is 5.32 Å². The third-order valence-corrected chi connectivity index (χ3v) is 6.49. The number of primary amides is 1. The molecule has 3 N–H and O–H groups in total. The van der Waals surface area contributed by atoms with Crippen molar-refractivity contribution in [2.45, 2.75) is 31.9 Å². The maximum atomic E-state index is 13.4. The second-order valence-electron chi connectivity index (χ2n) is 7.84. The quantitative estimate of drug-likeness (QED) is 0.377. The normalized spacial score (nSPS) is 13.4. The van der Waals surface area contributed by atoms with E-state index < -0.39 is 18.2 Å². The van der Waals surface area contributed by atoms with Crippen LogP contribution < -0.4 is 15.8 Å². The van der Waals surface area contributed by atoms with Crippen molar-refractivity contribution in [3.8, 4) is 5.75 Å². The number of para-hydroxylation sites is 1. The van der Waals surface area contributed by atoms with Crippen LogP contribution in [0, 0.1) is 0 Å². The first-order valence-corrected chi connectivity index (χ1v) is 11.3. The third kappa shape index (κ3) is 4.34. The Morgan fingerprint density at radius 3 is 2.68 bits per heavy atom. The molecule has 0 spiro atoms. The molecule has 3 aromatic heterocycles. The first kappa shape index (κ1) is 22.0. The largest absolute Gasteiger partial charge is 0.471 e. The minimum atomic E-state index is -2.75. The number of carbonyl (C=O) groups excluding carboxylic acids is 2. The van der Waals surface area contributed by atoms with E-state index in [9.17, 15) is 18.4 Å². The fraction of sp³-hybridized carbons (Fsp3) is 0.217. The van der Waals surface area contributed by atoms with Gasteiger partial charge in [-0.3, -0.25) is 9.59 Å². The van der Waals surface area contributed by atoms with Crippen LogP contribution >= 0.6 is 11.3 Å². The topological polar surface area (TPSA) is 112 Å². The molecule has 0 atom stereocenters. The van der Waals surface area contributed by atoms with E-state index >= 15 is 0 Å². The van der Waals surface area contributed by atoms with Crippen LogP contribution in [0.2, 0.25) is 0 Å². The minimum Gasteiger partial charge on any atom is -0.471 e. The second-order valence-corrected chi connectivity index (χ2v) is 8.84. The number of nitrogens with zero attached hydrogens (tertiary/aromatic N) is 3. The number of rotatable bonds is 8. The zero-order valence-corrected chi connectivity index (χ0v) is 18.5. The molecule has 5 rings (SSSR count). The van der Waals surface area contributed by atoms with E-state index in [1.54, 1.807) is 18.3 Å². The van der Waals surface area contributed by atoms with E-state index in [0.29, 0.717) is 16.7 Å². The number of hydrogen-bond acceptors (Lipinski definition) is 6. The van der Waals surface area contributed by atoms with Gasteiger partial charge in [0.25, 0.3) is 18.2 Å². The Morgan fingerprint density at radius 2 is 2.00 bits per heavy atom. The molecule has 0 saturated heterocycles. The SMILES string of the molecule is NC(=O)c1sc2nc(C(F)F)cc(C3CC3)c2c1NC(=O)c1ccn(COc2ccccc2)n1. The zero-order valence-electron chi connectivity index (χ0n) is 17.7. The van der Waals surface area contributed by atoms with Gasteiger partial charge in [0.1, 0.15) is 21.2 Å². The van der Waals surface area contributed by atoms with Gasteiger partial charge >= 0.3 is 0 Å². The summed E-state index contributed by atoms with van der Waals surface area (Å²) in [6.07, 6.45) is 0.511. The number of pyridine rings is 1. The fourth-order valence-corrected chi connectivity index (χ4v) is 4.68. The summed E-state index contributed by atoms with van der Waals surface area (Å²) in [7, 11) is 0. The number of thiophene rings is 1. The Morgan fingerprint density at radius 1 is 1.24 bits per heavy atom. The molecule has 0 radical (unpaired) electrons. The van der Waals surface area contributed by atoms with Gasteiger partial charge in [0.15, 0.2) is 12.4 Å². The minimum absolute atomic E-state index is 0.0519. The molecule has 1 aliphatic rings. The summed E-state index contributed by atoms with van der Waals surface area (Å²) in [5.41, 5.74) is 6.10. The van der Waals surface area contributed by atoms with Crippen molar-refractivity contribution in [1.29, 1.82) is 0 Å². The Balaban J connectivity index is 1.44. The molecule has 3 heterocycles. The van der Waals surface area contributed by atoms with Crippen molar-refractivity contribution in [3.63, 3.8) is 0 Å². The number of benzene rings is 1. The summed E-state index contributed by atoms with van der Waals surface area (Å²) in [6, 6.07) is 12.0. The summed E-state index contributed by atoms with van der Waals surface area (Å²) in [6.45, 7) is 0.0946. The fourth-order valence-electron chi connectivity index (χ4n) is 3.66. The molecule has 8 nitrogen and oxygen atoms in total. The molecule has 2 amide bonds. The molecule has 11 heteroatoms. The van der Waals surface area contributed by atoms with Gasteiger partial charge in [-0.2, -0.15) is 5.10 Å². The molecule has 1 saturated carbocycles. The van der Waals surface area contributed by atoms with Gasteiger partial charge in [-0.25, -0.2) is 18.4 Å². The van der Waals surface area contributed by atoms with Gasteiger partial charge in [-0.1, -0.05) is 18.2 Å². The van der Waals surface area contributed by atoms with Crippen molar-refractivity contribution in [2.24, 2.45) is 5.73 Å². The smallest absolute Gasteiger partial charge is 0.280 e. The lowest BCUT2D eigenvalue weighted by Gasteiger charge is -2.09. The number of ether oxygens (including phenoxy) is 1. The van der Waals surface area contributed by atoms with Crippen LogP contribution in [0.3, 0.4) is 0 Å². The number of halogens is 2. The summed E-state index contributed by atoms with van der Waals surface area (Å²) < 4.78 is 33.9. The highest BCUT2D eigenvalue weighted by molar-refractivity contribution is 7.21. The number of aromatic nitrogens is 3. The maximum absolute atomic E-state index is 13.4. The van der Waals surface area contributed by atoms with Crippen molar-refractivity contribution in [1.82, 2.24) is 14.8 Å². The van der Waals surface area contributed by atoms with Gasteiger partial charge in [0.05, 0.1) is 5.69 Å². The Hall–Kier alpha value is -3.86. The van der Waals surface area contributed by atoms with E-state index in [1.165, 1.54) is 16.8 Å². The molecule has 1 fully saturated rings. The van der Waals surface area contributed by atoms with E-state index in [4.69, 9.17) is 10.5 Å². The first-order chi connectivity index (χ1) is 16.4. The van der Waals surface area contributed by atoms with Gasteiger partial charge in [0, 0.05) is 11.6 Å². The number of fused-ring (bicyclic) bond motifs is 1. The summed E-state index contributed by atoms with van der Waals surface area (Å²) in [5.74, 6) is -0.618. The number of carbonyl (C=O) groups is 2. The molecule has 0 unspecified atom stereocenters. The third-order valence-electron chi connectivity index (χ3n) is 5.40. The number of alkyl halides is 2. The molecule has 1 aliphatic carbocycles. The lowest BCUT2D eigenvalue weighted by Crippen LogP contribution is -2.18.